The van der Waals surface area contributed by atoms with Crippen LogP contribution in [0.4, 0.5) is 0 Å². The van der Waals surface area contributed by atoms with E-state index < -0.39 is 79.4 Å². The molecule has 39 heavy (non-hydrogen) atoms. The monoisotopic (exact) mass is 550 g/mol. The van der Waals surface area contributed by atoms with Crippen LogP contribution in [0.25, 0.3) is 0 Å². The van der Waals surface area contributed by atoms with Crippen LogP contribution in [0.1, 0.15) is 25.3 Å². The minimum absolute atomic E-state index is 0.0712. The Labute approximate surface area is 224 Å². The number of hydrogen-bond acceptors (Lipinski definition) is 9. The number of aliphatic carboxylic acids is 1. The third kappa shape index (κ3) is 9.54. The highest BCUT2D eigenvalue weighted by atomic mass is 16.4. The number of rotatable bonds is 13. The molecule has 1 saturated heterocycles. The van der Waals surface area contributed by atoms with Crippen molar-refractivity contribution >= 4 is 35.5 Å². The Bertz CT molecular complexity index is 1060. The van der Waals surface area contributed by atoms with Crippen molar-refractivity contribution in [3.05, 3.63) is 29.8 Å². The molecule has 214 valence electrons. The fourth-order valence-electron chi connectivity index (χ4n) is 3.90. The van der Waals surface area contributed by atoms with E-state index in [-0.39, 0.29) is 18.7 Å². The molecule has 5 amide bonds. The van der Waals surface area contributed by atoms with Crippen molar-refractivity contribution in [2.24, 2.45) is 5.73 Å². The highest BCUT2D eigenvalue weighted by Gasteiger charge is 2.38. The van der Waals surface area contributed by atoms with Crippen molar-refractivity contribution in [3.63, 3.8) is 0 Å². The maximum atomic E-state index is 12.9. The van der Waals surface area contributed by atoms with Gasteiger partial charge in [0.1, 0.15) is 30.4 Å². The number of likely N-dealkylation sites (tertiary alicyclic amines) is 1. The van der Waals surface area contributed by atoms with E-state index in [4.69, 9.17) is 10.8 Å². The van der Waals surface area contributed by atoms with Gasteiger partial charge in [-0.15, -0.1) is 0 Å². The summed E-state index contributed by atoms with van der Waals surface area (Å²) in [5.41, 5.74) is 6.56. The van der Waals surface area contributed by atoms with E-state index in [0.717, 1.165) is 0 Å². The Morgan fingerprint density at radius 1 is 1.03 bits per heavy atom. The summed E-state index contributed by atoms with van der Waals surface area (Å²) in [6.07, 6.45) is 0.933. The Balaban J connectivity index is 1.82. The molecule has 1 aromatic carbocycles. The molecule has 1 fully saturated rings. The molecule has 0 unspecified atom stereocenters. The van der Waals surface area contributed by atoms with Gasteiger partial charge in [-0.3, -0.25) is 28.8 Å². The standard InChI is InChI=1S/C24H34N6O9/c1-13(28-19(33)10-26-22(37)16(25)9-14-4-6-15(32)7-5-14)21(36)29-17(12-31)24(39)30-8-2-3-18(30)23(38)27-11-20(34)35/h4-7,13,16-18,31-32H,2-3,8-12,25H2,1H3,(H,26,37)(H,27,38)(H,28,33)(H,29,36)(H,34,35)/t13-,16-,17-,18-/m0/s1. The lowest BCUT2D eigenvalue weighted by molar-refractivity contribution is -0.143. The summed E-state index contributed by atoms with van der Waals surface area (Å²) in [4.78, 5) is 74.0. The molecule has 1 aliphatic heterocycles. The van der Waals surface area contributed by atoms with E-state index in [9.17, 15) is 39.0 Å². The lowest BCUT2D eigenvalue weighted by Crippen LogP contribution is -2.58. The summed E-state index contributed by atoms with van der Waals surface area (Å²) < 4.78 is 0. The zero-order valence-electron chi connectivity index (χ0n) is 21.4. The Hall–Kier alpha value is -4.24. The van der Waals surface area contributed by atoms with E-state index in [2.05, 4.69) is 21.3 Å². The molecule has 9 N–H and O–H groups in total. The van der Waals surface area contributed by atoms with Gasteiger partial charge in [0.2, 0.25) is 29.5 Å². The third-order valence-corrected chi connectivity index (χ3v) is 5.97. The first-order valence-corrected chi connectivity index (χ1v) is 12.2. The number of aliphatic hydroxyl groups is 1. The van der Waals surface area contributed by atoms with E-state index >= 15 is 0 Å². The van der Waals surface area contributed by atoms with E-state index in [1.807, 2.05) is 0 Å². The molecule has 1 heterocycles. The van der Waals surface area contributed by atoms with Crippen molar-refractivity contribution in [2.75, 3.05) is 26.2 Å². The second-order valence-electron chi connectivity index (χ2n) is 9.03. The van der Waals surface area contributed by atoms with Gasteiger partial charge < -0.3 is 47.2 Å². The minimum Gasteiger partial charge on any atom is -0.508 e. The fraction of sp³-hybridized carbons (Fsp3) is 0.500. The molecule has 15 nitrogen and oxygen atoms in total. The van der Waals surface area contributed by atoms with Gasteiger partial charge in [-0.1, -0.05) is 12.1 Å². The van der Waals surface area contributed by atoms with Gasteiger partial charge in [-0.05, 0) is 43.9 Å². The van der Waals surface area contributed by atoms with Crippen molar-refractivity contribution in [1.29, 1.82) is 0 Å². The zero-order chi connectivity index (χ0) is 29.1. The first kappa shape index (κ1) is 31.0. The number of benzene rings is 1. The van der Waals surface area contributed by atoms with Gasteiger partial charge in [-0.2, -0.15) is 0 Å². The molecule has 0 spiro atoms. The van der Waals surface area contributed by atoms with Gasteiger partial charge >= 0.3 is 5.97 Å². The maximum Gasteiger partial charge on any atom is 0.322 e. The molecule has 0 radical (unpaired) electrons. The molecular weight excluding hydrogens is 516 g/mol. The zero-order valence-corrected chi connectivity index (χ0v) is 21.4. The highest BCUT2D eigenvalue weighted by Crippen LogP contribution is 2.18. The summed E-state index contributed by atoms with van der Waals surface area (Å²) >= 11 is 0. The van der Waals surface area contributed by atoms with Crippen LogP contribution in [0.3, 0.4) is 0 Å². The molecule has 0 saturated carbocycles. The molecular formula is C24H34N6O9. The number of nitrogens with zero attached hydrogens (tertiary/aromatic N) is 1. The number of phenolic OH excluding ortho intramolecular Hbond substituents is 1. The van der Waals surface area contributed by atoms with E-state index in [1.54, 1.807) is 12.1 Å². The number of carboxylic acids is 1. The number of nitrogens with one attached hydrogen (secondary N) is 4. The Morgan fingerprint density at radius 2 is 1.69 bits per heavy atom. The first-order valence-electron chi connectivity index (χ1n) is 12.2. The Morgan fingerprint density at radius 3 is 2.31 bits per heavy atom. The molecule has 0 aromatic heterocycles. The van der Waals surface area contributed by atoms with E-state index in [0.29, 0.717) is 18.4 Å². The van der Waals surface area contributed by atoms with Crippen LogP contribution in [-0.4, -0.2) is 106 Å². The molecule has 4 atom stereocenters. The Kier molecular flexibility index (Phi) is 11.6. The molecule has 2 rings (SSSR count). The smallest absolute Gasteiger partial charge is 0.322 e. The van der Waals surface area contributed by atoms with Crippen LogP contribution >= 0.6 is 0 Å². The quantitative estimate of drug-likeness (QED) is 0.121. The van der Waals surface area contributed by atoms with Crippen LogP contribution in [0, 0.1) is 0 Å². The number of amides is 5. The summed E-state index contributed by atoms with van der Waals surface area (Å²) in [6, 6.07) is 1.69. The second kappa shape index (κ2) is 14.6. The lowest BCUT2D eigenvalue weighted by atomic mass is 10.1. The van der Waals surface area contributed by atoms with Gasteiger partial charge in [0.25, 0.3) is 0 Å². The van der Waals surface area contributed by atoms with Crippen LogP contribution < -0.4 is 27.0 Å². The summed E-state index contributed by atoms with van der Waals surface area (Å²) in [5.74, 6) is -4.66. The SMILES string of the molecule is C[C@H](NC(=O)CNC(=O)[C@@H](N)Cc1ccc(O)cc1)C(=O)N[C@@H](CO)C(=O)N1CCC[C@H]1C(=O)NCC(=O)O. The molecule has 0 bridgehead atoms. The summed E-state index contributed by atoms with van der Waals surface area (Å²) in [5, 5.41) is 37.0. The lowest BCUT2D eigenvalue weighted by Gasteiger charge is -2.28. The second-order valence-corrected chi connectivity index (χ2v) is 9.03. The normalized spacial score (nSPS) is 16.9. The number of nitrogens with two attached hydrogens (primary N) is 1. The molecule has 1 aromatic rings. The highest BCUT2D eigenvalue weighted by molar-refractivity contribution is 5.95. The minimum atomic E-state index is -1.40. The number of carbonyl (C=O) groups is 6. The van der Waals surface area contributed by atoms with Crippen LogP contribution in [-0.2, 0) is 35.2 Å². The van der Waals surface area contributed by atoms with Crippen LogP contribution in [0.5, 0.6) is 5.75 Å². The molecule has 0 aliphatic carbocycles. The number of hydrogen-bond donors (Lipinski definition) is 8. The molecule has 1 aliphatic rings. The van der Waals surface area contributed by atoms with Gasteiger partial charge in [0.05, 0.1) is 19.2 Å². The summed E-state index contributed by atoms with van der Waals surface area (Å²) in [6.45, 7) is -0.345. The van der Waals surface area contributed by atoms with Crippen LogP contribution in [0.15, 0.2) is 24.3 Å². The van der Waals surface area contributed by atoms with Crippen molar-refractivity contribution in [3.8, 4) is 5.75 Å². The van der Waals surface area contributed by atoms with Gasteiger partial charge in [0.15, 0.2) is 0 Å². The topological polar surface area (TPSA) is 240 Å². The maximum absolute atomic E-state index is 12.9. The average molecular weight is 551 g/mol. The van der Waals surface area contributed by atoms with Crippen LogP contribution in [0.2, 0.25) is 0 Å². The average Bonchev–Trinajstić information content (AvgIpc) is 3.39. The predicted molar refractivity (Wildman–Crippen MR) is 135 cm³/mol. The number of aliphatic hydroxyl groups excluding tert-OH is 1. The van der Waals surface area contributed by atoms with Crippen molar-refractivity contribution in [1.82, 2.24) is 26.2 Å². The number of phenols is 1. The number of aromatic hydroxyl groups is 1. The number of carboxylic acid groups (broad SMARTS) is 1. The molecule has 15 heteroatoms. The third-order valence-electron chi connectivity index (χ3n) is 5.97. The predicted octanol–water partition coefficient (Wildman–Crippen LogP) is -3.45. The van der Waals surface area contributed by atoms with Crippen molar-refractivity contribution < 1.29 is 44.1 Å². The van der Waals surface area contributed by atoms with Gasteiger partial charge in [-0.25, -0.2) is 0 Å². The summed E-state index contributed by atoms with van der Waals surface area (Å²) in [7, 11) is 0. The number of carbonyl (C=O) groups excluding carboxylic acids is 5. The largest absolute Gasteiger partial charge is 0.508 e. The fourth-order valence-corrected chi connectivity index (χ4v) is 3.90. The van der Waals surface area contributed by atoms with Crippen molar-refractivity contribution in [2.45, 2.75) is 50.4 Å². The first-order chi connectivity index (χ1) is 18.4. The van der Waals surface area contributed by atoms with Gasteiger partial charge in [0, 0.05) is 6.54 Å². The van der Waals surface area contributed by atoms with E-state index in [1.165, 1.54) is 24.0 Å².